The number of aliphatic hydroxyl groups is 1. The molecular formula is C17H20ClF3N2O3. The number of aromatic nitrogens is 1. The summed E-state index contributed by atoms with van der Waals surface area (Å²) in [5, 5.41) is 9.93. The van der Waals surface area contributed by atoms with Gasteiger partial charge in [0, 0.05) is 18.5 Å². The molecule has 144 valence electrons. The van der Waals surface area contributed by atoms with Crippen molar-refractivity contribution in [3.63, 3.8) is 0 Å². The van der Waals surface area contributed by atoms with Crippen LogP contribution in [0.25, 0.3) is 5.70 Å². The first-order valence-electron chi connectivity index (χ1n) is 7.96. The molecule has 1 aliphatic heterocycles. The van der Waals surface area contributed by atoms with Gasteiger partial charge >= 0.3 is 12.3 Å². The van der Waals surface area contributed by atoms with E-state index in [4.69, 9.17) is 16.3 Å². The highest BCUT2D eigenvalue weighted by Crippen LogP contribution is 2.37. The Morgan fingerprint density at radius 1 is 1.35 bits per heavy atom. The Kier molecular flexibility index (Phi) is 5.46. The molecule has 0 fully saturated rings. The molecule has 0 aromatic carbocycles. The van der Waals surface area contributed by atoms with E-state index < -0.39 is 28.7 Å². The highest BCUT2D eigenvalue weighted by Gasteiger charge is 2.36. The summed E-state index contributed by atoms with van der Waals surface area (Å²) in [6, 6.07) is 1.85. The first-order valence-corrected chi connectivity index (χ1v) is 8.34. The zero-order valence-corrected chi connectivity index (χ0v) is 15.6. The Morgan fingerprint density at radius 2 is 1.96 bits per heavy atom. The standard InChI is InChI=1S/C17H20ClF3N2O3/c1-9-7-11(24)13(23(8-9)15(25)26-16(2,3)4)10-5-6-12(17(19,20)21)22-14(10)18/h5-6,9,24H,7-8H2,1-4H3/t9-/m1/s1. The molecule has 1 aliphatic rings. The van der Waals surface area contributed by atoms with Crippen molar-refractivity contribution < 1.29 is 27.8 Å². The number of hydrogen-bond acceptors (Lipinski definition) is 4. The maximum absolute atomic E-state index is 12.8. The number of amides is 1. The van der Waals surface area contributed by atoms with Crippen molar-refractivity contribution in [1.82, 2.24) is 9.88 Å². The largest absolute Gasteiger partial charge is 0.510 e. The Balaban J connectivity index is 2.49. The fraction of sp³-hybridized carbons (Fsp3) is 0.529. The lowest BCUT2D eigenvalue weighted by molar-refractivity contribution is -0.141. The van der Waals surface area contributed by atoms with Crippen LogP contribution in [-0.4, -0.2) is 33.2 Å². The molecule has 1 N–H and O–H groups in total. The molecule has 0 aliphatic carbocycles. The van der Waals surface area contributed by atoms with Crippen molar-refractivity contribution in [2.75, 3.05) is 6.54 Å². The van der Waals surface area contributed by atoms with Crippen LogP contribution in [0.5, 0.6) is 0 Å². The van der Waals surface area contributed by atoms with Crippen LogP contribution in [0.3, 0.4) is 0 Å². The van der Waals surface area contributed by atoms with Gasteiger partial charge < -0.3 is 9.84 Å². The van der Waals surface area contributed by atoms with E-state index in [1.54, 1.807) is 20.8 Å². The fourth-order valence-corrected chi connectivity index (χ4v) is 2.85. The number of nitrogens with zero attached hydrogens (tertiary/aromatic N) is 2. The first kappa shape index (κ1) is 20.4. The van der Waals surface area contributed by atoms with E-state index in [9.17, 15) is 23.1 Å². The number of alkyl halides is 3. The number of allylic oxidation sites excluding steroid dienone is 1. The van der Waals surface area contributed by atoms with Gasteiger partial charge in [0.15, 0.2) is 0 Å². The highest BCUT2D eigenvalue weighted by molar-refractivity contribution is 6.31. The molecule has 1 aromatic heterocycles. The minimum atomic E-state index is -4.65. The average Bonchev–Trinajstić information content (AvgIpc) is 2.44. The van der Waals surface area contributed by atoms with Crippen LogP contribution in [0.15, 0.2) is 17.9 Å². The van der Waals surface area contributed by atoms with E-state index in [0.29, 0.717) is 0 Å². The summed E-state index contributed by atoms with van der Waals surface area (Å²) in [6.07, 6.45) is -5.11. The monoisotopic (exact) mass is 392 g/mol. The van der Waals surface area contributed by atoms with Gasteiger partial charge in [-0.3, -0.25) is 4.90 Å². The second-order valence-corrected chi connectivity index (χ2v) is 7.59. The molecule has 0 bridgehead atoms. The Labute approximate surface area is 154 Å². The smallest absolute Gasteiger partial charge is 0.433 e. The Hall–Kier alpha value is -1.96. The van der Waals surface area contributed by atoms with Gasteiger partial charge in [-0.05, 0) is 38.8 Å². The molecule has 0 saturated carbocycles. The topological polar surface area (TPSA) is 62.7 Å². The highest BCUT2D eigenvalue weighted by atomic mass is 35.5. The van der Waals surface area contributed by atoms with E-state index in [2.05, 4.69) is 4.98 Å². The van der Waals surface area contributed by atoms with Crippen LogP contribution < -0.4 is 0 Å². The van der Waals surface area contributed by atoms with E-state index in [1.807, 2.05) is 6.92 Å². The van der Waals surface area contributed by atoms with E-state index in [0.717, 1.165) is 12.1 Å². The third kappa shape index (κ3) is 4.60. The third-order valence-corrected chi connectivity index (χ3v) is 3.88. The van der Waals surface area contributed by atoms with Crippen molar-refractivity contribution >= 4 is 23.4 Å². The summed E-state index contributed by atoms with van der Waals surface area (Å²) < 4.78 is 43.7. The van der Waals surface area contributed by atoms with Gasteiger partial charge in [-0.25, -0.2) is 9.78 Å². The molecule has 0 spiro atoms. The number of carbonyl (C=O) groups excluding carboxylic acids is 1. The second-order valence-electron chi connectivity index (χ2n) is 7.23. The van der Waals surface area contributed by atoms with E-state index >= 15 is 0 Å². The minimum absolute atomic E-state index is 0.0172. The van der Waals surface area contributed by atoms with Crippen LogP contribution in [0.4, 0.5) is 18.0 Å². The summed E-state index contributed by atoms with van der Waals surface area (Å²) >= 11 is 5.94. The summed E-state index contributed by atoms with van der Waals surface area (Å²) in [4.78, 5) is 17.1. The lowest BCUT2D eigenvalue weighted by atomic mass is 9.97. The number of carbonyl (C=O) groups is 1. The molecule has 1 aromatic rings. The zero-order chi connectivity index (χ0) is 19.9. The number of aliphatic hydroxyl groups excluding tert-OH is 1. The van der Waals surface area contributed by atoms with Crippen molar-refractivity contribution in [3.05, 3.63) is 34.3 Å². The zero-order valence-electron chi connectivity index (χ0n) is 14.8. The van der Waals surface area contributed by atoms with Crippen LogP contribution in [0.2, 0.25) is 5.15 Å². The number of ether oxygens (including phenoxy) is 1. The van der Waals surface area contributed by atoms with Gasteiger partial charge in [0.2, 0.25) is 0 Å². The number of halogens is 4. The van der Waals surface area contributed by atoms with Crippen molar-refractivity contribution in [2.24, 2.45) is 5.92 Å². The molecule has 5 nitrogen and oxygen atoms in total. The maximum Gasteiger partial charge on any atom is 0.433 e. The van der Waals surface area contributed by atoms with Crippen LogP contribution in [0, 0.1) is 5.92 Å². The molecule has 1 amide bonds. The van der Waals surface area contributed by atoms with E-state index in [-0.39, 0.29) is 35.9 Å². The molecule has 9 heteroatoms. The van der Waals surface area contributed by atoms with Crippen molar-refractivity contribution in [2.45, 2.75) is 45.9 Å². The van der Waals surface area contributed by atoms with Gasteiger partial charge in [0.1, 0.15) is 22.2 Å². The summed E-state index contributed by atoms with van der Waals surface area (Å²) in [6.45, 7) is 7.12. The summed E-state index contributed by atoms with van der Waals surface area (Å²) in [7, 11) is 0. The van der Waals surface area contributed by atoms with Crippen molar-refractivity contribution in [1.29, 1.82) is 0 Å². The Morgan fingerprint density at radius 3 is 2.46 bits per heavy atom. The molecule has 0 saturated heterocycles. The molecule has 1 atom stereocenters. The van der Waals surface area contributed by atoms with Crippen LogP contribution in [0.1, 0.15) is 45.4 Å². The quantitative estimate of drug-likeness (QED) is 0.662. The van der Waals surface area contributed by atoms with E-state index in [1.165, 1.54) is 4.90 Å². The third-order valence-electron chi connectivity index (χ3n) is 3.59. The molecule has 2 rings (SSSR count). The molecular weight excluding hydrogens is 373 g/mol. The average molecular weight is 393 g/mol. The summed E-state index contributed by atoms with van der Waals surface area (Å²) in [5.41, 5.74) is -1.88. The van der Waals surface area contributed by atoms with Gasteiger partial charge in [0.25, 0.3) is 0 Å². The van der Waals surface area contributed by atoms with Gasteiger partial charge in [-0.15, -0.1) is 0 Å². The predicted molar refractivity (Wildman–Crippen MR) is 90.5 cm³/mol. The molecule has 2 heterocycles. The SMILES string of the molecule is C[C@@H]1CC(O)=C(c2ccc(C(F)(F)F)nc2Cl)N(C(=O)OC(C)(C)C)C1. The first-order chi connectivity index (χ1) is 11.8. The number of rotatable bonds is 1. The van der Waals surface area contributed by atoms with Crippen molar-refractivity contribution in [3.8, 4) is 0 Å². The lowest BCUT2D eigenvalue weighted by Gasteiger charge is -2.35. The second kappa shape index (κ2) is 6.98. The minimum Gasteiger partial charge on any atom is -0.510 e. The number of hydrogen-bond donors (Lipinski definition) is 1. The van der Waals surface area contributed by atoms with Crippen LogP contribution in [-0.2, 0) is 10.9 Å². The summed E-state index contributed by atoms with van der Waals surface area (Å²) in [5.74, 6) is -0.217. The normalized spacial score (nSPS) is 18.9. The fourth-order valence-electron chi connectivity index (χ4n) is 2.60. The molecule has 0 unspecified atom stereocenters. The number of pyridine rings is 1. The Bertz CT molecular complexity index is 742. The van der Waals surface area contributed by atoms with Gasteiger partial charge in [-0.2, -0.15) is 13.2 Å². The molecule has 0 radical (unpaired) electrons. The lowest BCUT2D eigenvalue weighted by Crippen LogP contribution is -2.41. The predicted octanol–water partition coefficient (Wildman–Crippen LogP) is 5.26. The van der Waals surface area contributed by atoms with Crippen LogP contribution >= 0.6 is 11.6 Å². The van der Waals surface area contributed by atoms with Gasteiger partial charge in [-0.1, -0.05) is 18.5 Å². The molecule has 26 heavy (non-hydrogen) atoms. The maximum atomic E-state index is 12.8. The van der Waals surface area contributed by atoms with Gasteiger partial charge in [0.05, 0.1) is 5.70 Å².